The number of rotatable bonds is 13. The van der Waals surface area contributed by atoms with Gasteiger partial charge in [0.15, 0.2) is 17.4 Å². The number of nitrogens with zero attached hydrogens (tertiary/aromatic N) is 3. The van der Waals surface area contributed by atoms with Crippen LogP contribution >= 0.6 is 0 Å². The van der Waals surface area contributed by atoms with Crippen LogP contribution in [0, 0.1) is 0 Å². The highest BCUT2D eigenvalue weighted by atomic mass is 16.6. The Hall–Kier alpha value is -4.59. The number of fused-ring (bicyclic) bond motifs is 1. The normalized spacial score (nSPS) is 19.8. The molecule has 2 N–H and O–H groups in total. The lowest BCUT2D eigenvalue weighted by molar-refractivity contribution is -0.0970. The van der Waals surface area contributed by atoms with Crippen LogP contribution in [0.1, 0.15) is 22.9 Å². The number of ether oxygens (including phenoxy) is 6. The van der Waals surface area contributed by atoms with Gasteiger partial charge in [-0.15, -0.1) is 0 Å². The van der Waals surface area contributed by atoms with Crippen molar-refractivity contribution in [3.8, 4) is 11.5 Å². The number of hydrogen-bond acceptors (Lipinski definition) is 10. The van der Waals surface area contributed by atoms with Gasteiger partial charge >= 0.3 is 0 Å². The summed E-state index contributed by atoms with van der Waals surface area (Å²) in [5.41, 5.74) is 1.49. The lowest BCUT2D eigenvalue weighted by Gasteiger charge is -2.37. The van der Waals surface area contributed by atoms with Crippen molar-refractivity contribution in [2.24, 2.45) is 0 Å². The highest BCUT2D eigenvalue weighted by Gasteiger charge is 2.48. The number of H-pyrrole nitrogens is 1. The fourth-order valence-electron chi connectivity index (χ4n) is 5.86. The largest absolute Gasteiger partial charge is 0.497 e. The summed E-state index contributed by atoms with van der Waals surface area (Å²) in [6.07, 6.45) is -0.877. The fraction of sp³-hybridized carbons (Fsp3) is 0.324. The van der Waals surface area contributed by atoms with Crippen molar-refractivity contribution in [1.29, 1.82) is 0 Å². The van der Waals surface area contributed by atoms with Crippen LogP contribution in [0.3, 0.4) is 0 Å². The van der Waals surface area contributed by atoms with Crippen molar-refractivity contribution in [2.75, 3.05) is 41.2 Å². The Morgan fingerprint density at radius 3 is 2.11 bits per heavy atom. The van der Waals surface area contributed by atoms with E-state index in [2.05, 4.69) is 15.0 Å². The molecule has 3 aromatic carbocycles. The van der Waals surface area contributed by atoms with Gasteiger partial charge in [0.05, 0.1) is 46.7 Å². The number of hydrogen-bond donors (Lipinski definition) is 2. The molecular formula is C34H36N4O8. The number of aliphatic hydroxyl groups is 1. The lowest BCUT2D eigenvalue weighted by atomic mass is 9.80. The molecule has 0 bridgehead atoms. The second-order valence-electron chi connectivity index (χ2n) is 10.8. The second kappa shape index (κ2) is 13.8. The van der Waals surface area contributed by atoms with E-state index in [1.807, 2.05) is 78.9 Å². The summed E-state index contributed by atoms with van der Waals surface area (Å²) in [6, 6.07) is 25.2. The Morgan fingerprint density at radius 1 is 0.870 bits per heavy atom. The zero-order valence-corrected chi connectivity index (χ0v) is 25.7. The van der Waals surface area contributed by atoms with Crippen LogP contribution in [0.25, 0.3) is 11.2 Å². The highest BCUT2D eigenvalue weighted by molar-refractivity contribution is 5.68. The van der Waals surface area contributed by atoms with Crippen LogP contribution in [-0.4, -0.2) is 84.1 Å². The molecule has 1 aliphatic heterocycles. The summed E-state index contributed by atoms with van der Waals surface area (Å²) in [5.74, 6) is 1.41. The maximum Gasteiger partial charge on any atom is 0.278 e. The molecule has 1 aliphatic rings. The first-order valence-corrected chi connectivity index (χ1v) is 14.8. The molecule has 1 unspecified atom stereocenters. The molecule has 2 aromatic heterocycles. The van der Waals surface area contributed by atoms with E-state index in [1.54, 1.807) is 25.9 Å². The third kappa shape index (κ3) is 5.88. The second-order valence-corrected chi connectivity index (χ2v) is 10.8. The van der Waals surface area contributed by atoms with Crippen LogP contribution in [-0.2, 0) is 24.5 Å². The van der Waals surface area contributed by atoms with Crippen molar-refractivity contribution >= 4 is 11.2 Å². The minimum atomic E-state index is -1.12. The van der Waals surface area contributed by atoms with E-state index in [4.69, 9.17) is 28.4 Å². The summed E-state index contributed by atoms with van der Waals surface area (Å²) in [6.45, 7) is 0.485. The Bertz CT molecular complexity index is 1730. The van der Waals surface area contributed by atoms with Crippen LogP contribution in [0.2, 0.25) is 0 Å². The zero-order valence-electron chi connectivity index (χ0n) is 25.7. The lowest BCUT2D eigenvalue weighted by Crippen LogP contribution is -2.40. The molecule has 0 aliphatic carbocycles. The van der Waals surface area contributed by atoms with Crippen molar-refractivity contribution in [2.45, 2.75) is 30.1 Å². The summed E-state index contributed by atoms with van der Waals surface area (Å²) in [7, 11) is 4.81. The van der Waals surface area contributed by atoms with Gasteiger partial charge in [0.1, 0.15) is 35.4 Å². The molecule has 5 aromatic rings. The maximum absolute atomic E-state index is 12.4. The average Bonchev–Trinajstić information content (AvgIpc) is 3.67. The van der Waals surface area contributed by atoms with Gasteiger partial charge < -0.3 is 38.5 Å². The molecule has 46 heavy (non-hydrogen) atoms. The molecule has 240 valence electrons. The fourth-order valence-corrected chi connectivity index (χ4v) is 5.86. The predicted octanol–water partition coefficient (Wildman–Crippen LogP) is 3.44. The average molecular weight is 629 g/mol. The third-order valence-electron chi connectivity index (χ3n) is 8.19. The van der Waals surface area contributed by atoms with E-state index < -0.39 is 30.1 Å². The van der Waals surface area contributed by atoms with Crippen LogP contribution in [0.4, 0.5) is 0 Å². The quantitative estimate of drug-likeness (QED) is 0.147. The van der Waals surface area contributed by atoms with Crippen molar-refractivity contribution in [3.63, 3.8) is 0 Å². The van der Waals surface area contributed by atoms with Gasteiger partial charge in [0.25, 0.3) is 5.56 Å². The predicted molar refractivity (Wildman–Crippen MR) is 168 cm³/mol. The molecule has 4 atom stereocenters. The molecule has 0 saturated carbocycles. The van der Waals surface area contributed by atoms with E-state index in [0.717, 1.165) is 16.7 Å². The van der Waals surface area contributed by atoms with E-state index in [1.165, 1.54) is 12.7 Å². The van der Waals surface area contributed by atoms with Gasteiger partial charge in [0.2, 0.25) is 0 Å². The summed E-state index contributed by atoms with van der Waals surface area (Å²) in [5, 5.41) is 11.7. The molecule has 12 nitrogen and oxygen atoms in total. The van der Waals surface area contributed by atoms with Gasteiger partial charge in [-0.1, -0.05) is 54.6 Å². The number of methoxy groups -OCH3 is 3. The van der Waals surface area contributed by atoms with Crippen LogP contribution in [0.15, 0.2) is 96.3 Å². The number of aliphatic hydroxyl groups excluding tert-OH is 1. The Kier molecular flexibility index (Phi) is 9.43. The van der Waals surface area contributed by atoms with Gasteiger partial charge in [0, 0.05) is 7.11 Å². The van der Waals surface area contributed by atoms with E-state index >= 15 is 0 Å². The van der Waals surface area contributed by atoms with E-state index in [-0.39, 0.29) is 24.3 Å². The van der Waals surface area contributed by atoms with Crippen molar-refractivity contribution in [3.05, 3.63) is 119 Å². The smallest absolute Gasteiger partial charge is 0.278 e. The molecule has 6 rings (SSSR count). The first-order valence-electron chi connectivity index (χ1n) is 14.8. The number of nitrogens with one attached hydrogen (secondary N) is 1. The van der Waals surface area contributed by atoms with E-state index in [9.17, 15) is 9.90 Å². The molecular weight excluding hydrogens is 592 g/mol. The molecule has 1 saturated heterocycles. The molecule has 0 amide bonds. The molecule has 3 heterocycles. The monoisotopic (exact) mass is 628 g/mol. The Balaban J connectivity index is 1.40. The summed E-state index contributed by atoms with van der Waals surface area (Å²) in [4.78, 5) is 23.5. The van der Waals surface area contributed by atoms with Gasteiger partial charge in [-0.2, -0.15) is 0 Å². The first kappa shape index (κ1) is 31.4. The maximum atomic E-state index is 12.4. The highest BCUT2D eigenvalue weighted by Crippen LogP contribution is 2.43. The molecule has 1 fully saturated rings. The molecule has 0 radical (unpaired) electrons. The number of benzene rings is 3. The minimum absolute atomic E-state index is 0.0323. The molecule has 0 spiro atoms. The molecule has 12 heteroatoms. The standard InChI is InChI=1S/C34H36N4O8/c1-41-17-18-44-30-29(39)27(46-33(30)38-21-37-28-31(38)35-20-36-32(28)40)19-45-34(22-7-5-4-6-8-22,23-9-13-25(42-2)14-10-23)24-11-15-26(43-3)16-12-24/h4-16,20-21,27,29-30,33,39H,17-19H2,1-3H3,(H,35,36,40)/t27-,29+,30?,33-/m1/s1. The number of aromatic amines is 1. The Labute approximate surface area is 265 Å². The van der Waals surface area contributed by atoms with Gasteiger partial charge in [-0.3, -0.25) is 9.36 Å². The van der Waals surface area contributed by atoms with Gasteiger partial charge in [-0.05, 0) is 41.0 Å². The van der Waals surface area contributed by atoms with Crippen LogP contribution < -0.4 is 15.0 Å². The minimum Gasteiger partial charge on any atom is -0.497 e. The van der Waals surface area contributed by atoms with Gasteiger partial charge in [-0.25, -0.2) is 9.97 Å². The van der Waals surface area contributed by atoms with Crippen molar-refractivity contribution in [1.82, 2.24) is 19.5 Å². The topological polar surface area (TPSA) is 139 Å². The van der Waals surface area contributed by atoms with Crippen LogP contribution in [0.5, 0.6) is 11.5 Å². The number of imidazole rings is 1. The van der Waals surface area contributed by atoms with E-state index in [0.29, 0.717) is 23.8 Å². The summed E-state index contributed by atoms with van der Waals surface area (Å²) >= 11 is 0. The third-order valence-corrected chi connectivity index (χ3v) is 8.19. The first-order chi connectivity index (χ1) is 22.5. The Morgan fingerprint density at radius 2 is 1.50 bits per heavy atom. The SMILES string of the molecule is COCCOC1[C@@H](O)[C@@H](COC(c2ccccc2)(c2ccc(OC)cc2)c2ccc(OC)cc2)O[C@H]1n1cnc2c(=O)[nH]cnc21. The summed E-state index contributed by atoms with van der Waals surface area (Å²) < 4.78 is 37.2. The van der Waals surface area contributed by atoms with Crippen molar-refractivity contribution < 1.29 is 33.5 Å². The zero-order chi connectivity index (χ0) is 32.1. The number of aromatic nitrogens is 4.